The lowest BCUT2D eigenvalue weighted by molar-refractivity contribution is -0.133. The van der Waals surface area contributed by atoms with Gasteiger partial charge in [-0.3, -0.25) is 9.00 Å². The summed E-state index contributed by atoms with van der Waals surface area (Å²) >= 11 is 0. The van der Waals surface area contributed by atoms with Crippen molar-refractivity contribution in [3.8, 4) is 0 Å². The summed E-state index contributed by atoms with van der Waals surface area (Å²) in [6.45, 7) is 14.3. The van der Waals surface area contributed by atoms with Crippen LogP contribution < -0.4 is 0 Å². The number of hydrogen-bond acceptors (Lipinski definition) is 3. The maximum Gasteiger partial charge on any atom is 0.229 e. The van der Waals surface area contributed by atoms with Gasteiger partial charge in [0.05, 0.1) is 5.92 Å². The van der Waals surface area contributed by atoms with Gasteiger partial charge in [0, 0.05) is 41.6 Å². The summed E-state index contributed by atoms with van der Waals surface area (Å²) in [5, 5.41) is 0. The molecule has 0 radical (unpaired) electrons. The summed E-state index contributed by atoms with van der Waals surface area (Å²) in [7, 11) is -1.03. The molecule has 0 saturated carbocycles. The van der Waals surface area contributed by atoms with E-state index < -0.39 is 10.8 Å². The highest BCUT2D eigenvalue weighted by Crippen LogP contribution is 2.46. The number of amides is 1. The quantitative estimate of drug-likeness (QED) is 0.423. The molecule has 0 saturated heterocycles. The number of likely N-dealkylation sites (N-methyl/N-ethyl adjacent to an activating group) is 2. The molecule has 1 amide bonds. The summed E-state index contributed by atoms with van der Waals surface area (Å²) in [5.74, 6) is -0.623. The van der Waals surface area contributed by atoms with Gasteiger partial charge in [-0.15, -0.1) is 0 Å². The molecule has 1 aliphatic rings. The lowest BCUT2D eigenvalue weighted by Gasteiger charge is -2.28. The molecule has 0 aliphatic heterocycles. The molecule has 3 rings (SSSR count). The molecule has 2 atom stereocenters. The summed E-state index contributed by atoms with van der Waals surface area (Å²) in [4.78, 5) is 18.6. The molecule has 1 aliphatic carbocycles. The van der Waals surface area contributed by atoms with E-state index in [0.717, 1.165) is 57.9 Å². The van der Waals surface area contributed by atoms with E-state index in [0.29, 0.717) is 13.1 Å². The van der Waals surface area contributed by atoms with E-state index in [1.165, 1.54) is 6.07 Å². The van der Waals surface area contributed by atoms with Gasteiger partial charge in [0.25, 0.3) is 0 Å². The van der Waals surface area contributed by atoms with E-state index in [-0.39, 0.29) is 17.6 Å². The second-order valence-corrected chi connectivity index (χ2v) is 10.4. The maximum atomic E-state index is 14.3. The van der Waals surface area contributed by atoms with Crippen molar-refractivity contribution in [2.45, 2.75) is 39.5 Å². The maximum absolute atomic E-state index is 14.3. The summed E-state index contributed by atoms with van der Waals surface area (Å²) in [6.07, 6.45) is 3.73. The van der Waals surface area contributed by atoms with Gasteiger partial charge in [-0.2, -0.15) is 0 Å². The average molecular weight is 497 g/mol. The standard InChI is InChI=1S/C29H37FN2O2S/c1-7-31(8-2)16-17-32(9-3)29(33)21(5)28-20(4)26(25-15-12-23(30)19-27(25)28)18-22-10-13-24(14-11-22)35(6)34/h10-15,18-19,21H,7-9,16-17H2,1-6H3/b26-18-. The Bertz CT molecular complexity index is 1150. The highest BCUT2D eigenvalue weighted by atomic mass is 32.2. The van der Waals surface area contributed by atoms with Gasteiger partial charge in [-0.25, -0.2) is 4.39 Å². The highest BCUT2D eigenvalue weighted by molar-refractivity contribution is 7.84. The van der Waals surface area contributed by atoms with Gasteiger partial charge in [-0.1, -0.05) is 32.0 Å². The Hall–Kier alpha value is -2.57. The Labute approximate surface area is 212 Å². The Morgan fingerprint density at radius 1 is 1.00 bits per heavy atom. The van der Waals surface area contributed by atoms with Gasteiger partial charge in [0.15, 0.2) is 0 Å². The van der Waals surface area contributed by atoms with Crippen molar-refractivity contribution >= 4 is 33.9 Å². The number of rotatable bonds is 10. The molecule has 0 spiro atoms. The first-order valence-corrected chi connectivity index (χ1v) is 13.9. The molecule has 0 heterocycles. The Balaban J connectivity index is 1.98. The predicted molar refractivity (Wildman–Crippen MR) is 145 cm³/mol. The first kappa shape index (κ1) is 27.0. The lowest BCUT2D eigenvalue weighted by atomic mass is 9.92. The Morgan fingerprint density at radius 2 is 1.66 bits per heavy atom. The van der Waals surface area contributed by atoms with Crippen LogP contribution in [-0.2, 0) is 15.6 Å². The fraction of sp³-hybridized carbons (Fsp3) is 0.414. The van der Waals surface area contributed by atoms with Crippen molar-refractivity contribution < 1.29 is 13.4 Å². The minimum atomic E-state index is -1.03. The SMILES string of the molecule is CCN(CC)CCN(CC)C(=O)C(C)C1=C(C)/C(=C/c2ccc(S(C)=O)cc2)c2ccc(F)cc21. The molecule has 188 valence electrons. The van der Waals surface area contributed by atoms with E-state index in [4.69, 9.17) is 0 Å². The molecule has 2 aromatic carbocycles. The van der Waals surface area contributed by atoms with Crippen molar-refractivity contribution in [2.24, 2.45) is 5.92 Å². The van der Waals surface area contributed by atoms with Crippen LogP contribution in [0.5, 0.6) is 0 Å². The molecule has 4 nitrogen and oxygen atoms in total. The third-order valence-electron chi connectivity index (χ3n) is 6.97. The van der Waals surface area contributed by atoms with Crippen molar-refractivity contribution in [3.63, 3.8) is 0 Å². The van der Waals surface area contributed by atoms with Crippen LogP contribution in [0.15, 0.2) is 52.9 Å². The van der Waals surface area contributed by atoms with E-state index in [1.807, 2.05) is 49.9 Å². The molecule has 6 heteroatoms. The summed E-state index contributed by atoms with van der Waals surface area (Å²) in [5.41, 5.74) is 5.58. The van der Waals surface area contributed by atoms with Gasteiger partial charge < -0.3 is 9.80 Å². The molecular weight excluding hydrogens is 459 g/mol. The summed E-state index contributed by atoms with van der Waals surface area (Å²) < 4.78 is 26.1. The van der Waals surface area contributed by atoms with E-state index >= 15 is 0 Å². The van der Waals surface area contributed by atoms with E-state index in [2.05, 4.69) is 24.8 Å². The van der Waals surface area contributed by atoms with Gasteiger partial charge in [0.2, 0.25) is 5.91 Å². The average Bonchev–Trinajstić information content (AvgIpc) is 3.11. The second kappa shape index (κ2) is 11.9. The van der Waals surface area contributed by atoms with Crippen molar-refractivity contribution in [1.82, 2.24) is 9.80 Å². The molecule has 0 bridgehead atoms. The normalized spacial score (nSPS) is 16.1. The van der Waals surface area contributed by atoms with E-state index in [9.17, 15) is 13.4 Å². The third-order valence-corrected chi connectivity index (χ3v) is 7.91. The second-order valence-electron chi connectivity index (χ2n) is 8.98. The van der Waals surface area contributed by atoms with Crippen LogP contribution in [-0.4, -0.2) is 58.9 Å². The number of carbonyl (C=O) groups excluding carboxylic acids is 1. The lowest BCUT2D eigenvalue weighted by Crippen LogP contribution is -2.41. The number of halogens is 1. The number of nitrogens with zero attached hydrogens (tertiary/aromatic N) is 2. The minimum Gasteiger partial charge on any atom is -0.341 e. The van der Waals surface area contributed by atoms with Gasteiger partial charge >= 0.3 is 0 Å². The smallest absolute Gasteiger partial charge is 0.229 e. The van der Waals surface area contributed by atoms with Crippen molar-refractivity contribution in [1.29, 1.82) is 0 Å². The molecule has 2 unspecified atom stereocenters. The first-order valence-electron chi connectivity index (χ1n) is 12.4. The number of carbonyl (C=O) groups is 1. The van der Waals surface area contributed by atoms with Crippen LogP contribution in [0.25, 0.3) is 17.2 Å². The molecule has 0 aromatic heterocycles. The minimum absolute atomic E-state index is 0.0697. The number of hydrogen-bond donors (Lipinski definition) is 0. The monoisotopic (exact) mass is 496 g/mol. The van der Waals surface area contributed by atoms with Crippen LogP contribution in [0.2, 0.25) is 0 Å². The largest absolute Gasteiger partial charge is 0.341 e. The van der Waals surface area contributed by atoms with Crippen LogP contribution >= 0.6 is 0 Å². The zero-order valence-electron chi connectivity index (χ0n) is 21.7. The Kier molecular flexibility index (Phi) is 9.20. The van der Waals surface area contributed by atoms with E-state index in [1.54, 1.807) is 18.4 Å². The molecule has 0 N–H and O–H groups in total. The number of fused-ring (bicyclic) bond motifs is 1. The molecular formula is C29H37FN2O2S. The van der Waals surface area contributed by atoms with Crippen LogP contribution in [0, 0.1) is 11.7 Å². The van der Waals surface area contributed by atoms with Crippen molar-refractivity contribution in [2.75, 3.05) is 39.0 Å². The zero-order chi connectivity index (χ0) is 25.7. The zero-order valence-corrected chi connectivity index (χ0v) is 22.5. The summed E-state index contributed by atoms with van der Waals surface area (Å²) in [6, 6.07) is 12.4. The van der Waals surface area contributed by atoms with Gasteiger partial charge in [-0.05, 0) is 97.6 Å². The number of benzene rings is 2. The topological polar surface area (TPSA) is 40.6 Å². The molecule has 0 fully saturated rings. The van der Waals surface area contributed by atoms with Crippen LogP contribution in [0.4, 0.5) is 4.39 Å². The highest BCUT2D eigenvalue weighted by Gasteiger charge is 2.32. The first-order chi connectivity index (χ1) is 16.7. The third kappa shape index (κ3) is 5.99. The number of allylic oxidation sites excluding steroid dienone is 2. The fourth-order valence-corrected chi connectivity index (χ4v) is 5.33. The van der Waals surface area contributed by atoms with Gasteiger partial charge in [0.1, 0.15) is 5.82 Å². The van der Waals surface area contributed by atoms with Crippen molar-refractivity contribution in [3.05, 3.63) is 70.5 Å². The predicted octanol–water partition coefficient (Wildman–Crippen LogP) is 5.72. The van der Waals surface area contributed by atoms with Crippen LogP contribution in [0.3, 0.4) is 0 Å². The molecule has 2 aromatic rings. The Morgan fingerprint density at radius 3 is 2.23 bits per heavy atom. The molecule has 35 heavy (non-hydrogen) atoms. The van der Waals surface area contributed by atoms with Crippen LogP contribution in [0.1, 0.15) is 51.3 Å². The fourth-order valence-electron chi connectivity index (χ4n) is 4.81.